The number of esters is 1. The highest BCUT2D eigenvalue weighted by atomic mass is 16.5. The topological polar surface area (TPSA) is 26.3 Å². The Bertz CT molecular complexity index is 252. The van der Waals surface area contributed by atoms with Crippen LogP contribution in [0.4, 0.5) is 0 Å². The highest BCUT2D eigenvalue weighted by molar-refractivity contribution is 5.69. The Balaban J connectivity index is 1.83. The van der Waals surface area contributed by atoms with Crippen molar-refractivity contribution in [2.45, 2.75) is 71.1 Å². The molecule has 0 aromatic rings. The smallest absolute Gasteiger partial charge is 0.306 e. The van der Waals surface area contributed by atoms with Gasteiger partial charge in [-0.05, 0) is 50.4 Å². The molecule has 1 spiro atoms. The summed E-state index contributed by atoms with van der Waals surface area (Å²) in [7, 11) is 0. The quantitative estimate of drug-likeness (QED) is 0.692. The normalized spacial score (nSPS) is 27.9. The van der Waals surface area contributed by atoms with Gasteiger partial charge in [0.1, 0.15) is 0 Å². The number of carbonyl (C=O) groups excluding carboxylic acids is 1. The second kappa shape index (κ2) is 5.88. The van der Waals surface area contributed by atoms with Gasteiger partial charge in [-0.2, -0.15) is 0 Å². The first-order valence-corrected chi connectivity index (χ1v) is 7.40. The molecule has 0 unspecified atom stereocenters. The van der Waals surface area contributed by atoms with Crippen LogP contribution in [0.1, 0.15) is 71.1 Å². The van der Waals surface area contributed by atoms with E-state index in [0.717, 1.165) is 0 Å². The van der Waals surface area contributed by atoms with E-state index in [4.69, 9.17) is 4.74 Å². The van der Waals surface area contributed by atoms with Gasteiger partial charge in [-0.25, -0.2) is 0 Å². The summed E-state index contributed by atoms with van der Waals surface area (Å²) in [5.41, 5.74) is 0.605. The van der Waals surface area contributed by atoms with Gasteiger partial charge in [-0.15, -0.1) is 0 Å². The van der Waals surface area contributed by atoms with E-state index in [1.807, 2.05) is 6.92 Å². The zero-order valence-corrected chi connectivity index (χ0v) is 11.2. The van der Waals surface area contributed by atoms with Crippen LogP contribution in [0.25, 0.3) is 0 Å². The number of hydrogen-bond acceptors (Lipinski definition) is 2. The monoisotopic (exact) mass is 238 g/mol. The van der Waals surface area contributed by atoms with Crippen LogP contribution < -0.4 is 0 Å². The zero-order chi connectivity index (χ0) is 12.1. The van der Waals surface area contributed by atoms with Crippen molar-refractivity contribution in [1.82, 2.24) is 0 Å². The summed E-state index contributed by atoms with van der Waals surface area (Å²) in [6.07, 6.45) is 13.0. The molecule has 2 nitrogen and oxygen atoms in total. The molecule has 2 aliphatic carbocycles. The fraction of sp³-hybridized carbons (Fsp3) is 0.933. The van der Waals surface area contributed by atoms with Gasteiger partial charge in [-0.1, -0.05) is 25.7 Å². The van der Waals surface area contributed by atoms with Crippen molar-refractivity contribution < 1.29 is 9.53 Å². The van der Waals surface area contributed by atoms with E-state index in [9.17, 15) is 4.79 Å². The lowest BCUT2D eigenvalue weighted by Gasteiger charge is -2.27. The molecule has 98 valence electrons. The molecule has 0 saturated heterocycles. The Labute approximate surface area is 105 Å². The second-order valence-corrected chi connectivity index (χ2v) is 6.03. The second-order valence-electron chi connectivity index (χ2n) is 6.03. The van der Waals surface area contributed by atoms with Gasteiger partial charge in [0.25, 0.3) is 0 Å². The summed E-state index contributed by atoms with van der Waals surface area (Å²) in [5.74, 6) is 0.621. The van der Waals surface area contributed by atoms with E-state index in [-0.39, 0.29) is 5.97 Å². The average Bonchev–Trinajstić information content (AvgIpc) is 2.54. The Morgan fingerprint density at radius 3 is 2.53 bits per heavy atom. The first kappa shape index (κ1) is 12.9. The minimum atomic E-state index is 0.0168. The number of hydrogen-bond donors (Lipinski definition) is 0. The van der Waals surface area contributed by atoms with Crippen LogP contribution in [-0.2, 0) is 9.53 Å². The Morgan fingerprint density at radius 1 is 1.18 bits per heavy atom. The van der Waals surface area contributed by atoms with Gasteiger partial charge in [-0.3, -0.25) is 4.79 Å². The minimum absolute atomic E-state index is 0.0168. The molecule has 0 N–H and O–H groups in total. The predicted octanol–water partition coefficient (Wildman–Crippen LogP) is 4.08. The molecular weight excluding hydrogens is 212 g/mol. The maximum Gasteiger partial charge on any atom is 0.306 e. The molecule has 0 aromatic heterocycles. The van der Waals surface area contributed by atoms with Crippen LogP contribution in [0.15, 0.2) is 0 Å². The van der Waals surface area contributed by atoms with E-state index in [1.54, 1.807) is 0 Å². The number of ether oxygens (including phenoxy) is 1. The average molecular weight is 238 g/mol. The van der Waals surface area contributed by atoms with E-state index in [2.05, 4.69) is 0 Å². The molecule has 2 saturated carbocycles. The van der Waals surface area contributed by atoms with Crippen molar-refractivity contribution in [2.24, 2.45) is 11.3 Å². The van der Waals surface area contributed by atoms with Crippen molar-refractivity contribution in [1.29, 1.82) is 0 Å². The maximum absolute atomic E-state index is 11.5. The first-order valence-electron chi connectivity index (χ1n) is 7.40. The van der Waals surface area contributed by atoms with Gasteiger partial charge < -0.3 is 4.74 Å². The first-order chi connectivity index (χ1) is 8.24. The molecular formula is C15H26O2. The van der Waals surface area contributed by atoms with Crippen molar-refractivity contribution >= 4 is 5.97 Å². The lowest BCUT2D eigenvalue weighted by Crippen LogP contribution is -2.17. The molecule has 0 amide bonds. The van der Waals surface area contributed by atoms with Gasteiger partial charge in [0.15, 0.2) is 0 Å². The number of rotatable bonds is 3. The highest BCUT2D eigenvalue weighted by Gasteiger charge is 2.39. The Kier molecular flexibility index (Phi) is 4.47. The summed E-state index contributed by atoms with van der Waals surface area (Å²) in [5, 5.41) is 0. The lowest BCUT2D eigenvalue weighted by atomic mass is 9.78. The van der Waals surface area contributed by atoms with Crippen molar-refractivity contribution in [2.75, 3.05) is 6.61 Å². The van der Waals surface area contributed by atoms with Gasteiger partial charge >= 0.3 is 5.97 Å². The van der Waals surface area contributed by atoms with E-state index in [1.165, 1.54) is 57.8 Å². The maximum atomic E-state index is 11.5. The Hall–Kier alpha value is -0.530. The molecule has 2 rings (SSSR count). The van der Waals surface area contributed by atoms with Gasteiger partial charge in [0.05, 0.1) is 6.61 Å². The fourth-order valence-corrected chi connectivity index (χ4v) is 3.89. The largest absolute Gasteiger partial charge is 0.466 e. The summed E-state index contributed by atoms with van der Waals surface area (Å²) in [6, 6.07) is 0. The van der Waals surface area contributed by atoms with E-state index < -0.39 is 0 Å². The molecule has 1 atom stereocenters. The molecule has 0 heterocycles. The minimum Gasteiger partial charge on any atom is -0.466 e. The summed E-state index contributed by atoms with van der Waals surface area (Å²) in [6.45, 7) is 2.41. The van der Waals surface area contributed by atoms with Crippen molar-refractivity contribution in [3.05, 3.63) is 0 Å². The summed E-state index contributed by atoms with van der Waals surface area (Å²) >= 11 is 0. The van der Waals surface area contributed by atoms with Gasteiger partial charge in [0.2, 0.25) is 0 Å². The SMILES string of the molecule is CCOC(=O)C[C@H]1CCC2(CCCCCC2)C1. The lowest BCUT2D eigenvalue weighted by molar-refractivity contribution is -0.144. The van der Waals surface area contributed by atoms with Crippen molar-refractivity contribution in [3.63, 3.8) is 0 Å². The summed E-state index contributed by atoms with van der Waals surface area (Å²) < 4.78 is 5.07. The predicted molar refractivity (Wildman–Crippen MR) is 68.7 cm³/mol. The highest BCUT2D eigenvalue weighted by Crippen LogP contribution is 2.51. The third-order valence-electron chi connectivity index (χ3n) is 4.73. The Morgan fingerprint density at radius 2 is 1.88 bits per heavy atom. The fourth-order valence-electron chi connectivity index (χ4n) is 3.89. The molecule has 17 heavy (non-hydrogen) atoms. The van der Waals surface area contributed by atoms with E-state index in [0.29, 0.717) is 24.4 Å². The third kappa shape index (κ3) is 3.46. The molecule has 2 aliphatic rings. The van der Waals surface area contributed by atoms with Crippen LogP contribution in [0, 0.1) is 11.3 Å². The van der Waals surface area contributed by atoms with Crippen LogP contribution >= 0.6 is 0 Å². The standard InChI is InChI=1S/C15H26O2/c1-2-17-14(16)11-13-7-10-15(12-13)8-5-3-4-6-9-15/h13H,2-12H2,1H3/t13-/m1/s1. The van der Waals surface area contributed by atoms with Crippen LogP contribution in [0.5, 0.6) is 0 Å². The van der Waals surface area contributed by atoms with E-state index >= 15 is 0 Å². The van der Waals surface area contributed by atoms with Crippen LogP contribution in [-0.4, -0.2) is 12.6 Å². The van der Waals surface area contributed by atoms with Crippen molar-refractivity contribution in [3.8, 4) is 0 Å². The zero-order valence-electron chi connectivity index (χ0n) is 11.2. The molecule has 0 radical (unpaired) electrons. The summed E-state index contributed by atoms with van der Waals surface area (Å²) in [4.78, 5) is 11.5. The number of carbonyl (C=O) groups is 1. The van der Waals surface area contributed by atoms with Crippen LogP contribution in [0.2, 0.25) is 0 Å². The molecule has 2 heteroatoms. The van der Waals surface area contributed by atoms with Gasteiger partial charge in [0, 0.05) is 6.42 Å². The third-order valence-corrected chi connectivity index (χ3v) is 4.73. The molecule has 0 aliphatic heterocycles. The molecule has 0 aromatic carbocycles. The molecule has 2 fully saturated rings. The molecule has 0 bridgehead atoms. The van der Waals surface area contributed by atoms with Crippen LogP contribution in [0.3, 0.4) is 0 Å².